The van der Waals surface area contributed by atoms with E-state index < -0.39 is 24.5 Å². The van der Waals surface area contributed by atoms with Crippen LogP contribution in [0.3, 0.4) is 0 Å². The topological polar surface area (TPSA) is 140 Å². The molecule has 2 fully saturated rings. The van der Waals surface area contributed by atoms with Gasteiger partial charge in [0.2, 0.25) is 17.8 Å². The third kappa shape index (κ3) is 6.85. The Hall–Kier alpha value is -2.33. The van der Waals surface area contributed by atoms with Gasteiger partial charge in [0.15, 0.2) is 0 Å². The van der Waals surface area contributed by atoms with Crippen molar-refractivity contribution in [1.82, 2.24) is 20.4 Å². The summed E-state index contributed by atoms with van der Waals surface area (Å²) in [4.78, 5) is 44.5. The fourth-order valence-electron chi connectivity index (χ4n) is 5.28. The maximum atomic E-state index is 12.4. The van der Waals surface area contributed by atoms with Crippen LogP contribution in [0.5, 0.6) is 0 Å². The molecule has 3 aliphatic rings. The number of nitrogens with two attached hydrogens (primary N) is 1. The number of hydrogen-bond donors (Lipinski definition) is 4. The first kappa shape index (κ1) is 27.9. The molecular weight excluding hydrogens is 460 g/mol. The van der Waals surface area contributed by atoms with Gasteiger partial charge in [-0.2, -0.15) is 0 Å². The van der Waals surface area contributed by atoms with Crippen LogP contribution in [-0.2, 0) is 14.4 Å². The van der Waals surface area contributed by atoms with Gasteiger partial charge in [-0.3, -0.25) is 19.7 Å². The molecule has 0 aromatic carbocycles. The quantitative estimate of drug-likeness (QED) is 0.317. The number of carbonyl (C=O) groups is 3. The predicted molar refractivity (Wildman–Crippen MR) is 133 cm³/mol. The fourth-order valence-corrected chi connectivity index (χ4v) is 5.28. The summed E-state index contributed by atoms with van der Waals surface area (Å²) in [5.41, 5.74) is 6.91. The van der Waals surface area contributed by atoms with Crippen molar-refractivity contribution in [2.75, 3.05) is 26.7 Å². The number of guanidine groups is 1. The highest BCUT2D eigenvalue weighted by Gasteiger charge is 2.38. The molecule has 0 aromatic heterocycles. The van der Waals surface area contributed by atoms with Crippen LogP contribution in [0, 0.1) is 5.92 Å². The zero-order valence-electron chi connectivity index (χ0n) is 20.2. The Bertz CT molecular complexity index is 796. The molecule has 1 saturated heterocycles. The molecule has 5 N–H and O–H groups in total. The molecule has 192 valence electrons. The van der Waals surface area contributed by atoms with E-state index in [4.69, 9.17) is 5.73 Å². The van der Waals surface area contributed by atoms with Gasteiger partial charge in [0.25, 0.3) is 0 Å². The van der Waals surface area contributed by atoms with Crippen LogP contribution in [0.15, 0.2) is 16.8 Å². The van der Waals surface area contributed by atoms with Gasteiger partial charge in [-0.1, -0.05) is 19.3 Å². The van der Waals surface area contributed by atoms with E-state index in [0.717, 1.165) is 57.2 Å². The Morgan fingerprint density at radius 3 is 2.53 bits per heavy atom. The summed E-state index contributed by atoms with van der Waals surface area (Å²) in [7, 11) is 1.67. The second kappa shape index (κ2) is 12.9. The van der Waals surface area contributed by atoms with Crippen LogP contribution < -0.4 is 16.4 Å². The number of carboxylic acids is 1. The van der Waals surface area contributed by atoms with Crippen LogP contribution >= 0.6 is 12.4 Å². The van der Waals surface area contributed by atoms with Crippen molar-refractivity contribution in [2.45, 2.75) is 76.4 Å². The van der Waals surface area contributed by atoms with Crippen molar-refractivity contribution in [3.05, 3.63) is 11.8 Å². The number of nitrogens with zero attached hydrogens (tertiary/aromatic N) is 3. The molecule has 1 aliphatic carbocycles. The number of rotatable bonds is 6. The molecular formula is C23H39ClN6O4. The molecule has 3 atom stereocenters. The molecule has 10 nitrogen and oxygen atoms in total. The summed E-state index contributed by atoms with van der Waals surface area (Å²) in [6, 6.07) is -0.822. The minimum Gasteiger partial charge on any atom is -0.480 e. The second-order valence-corrected chi connectivity index (χ2v) is 9.29. The maximum Gasteiger partial charge on any atom is 0.325 e. The Morgan fingerprint density at radius 2 is 1.91 bits per heavy atom. The summed E-state index contributed by atoms with van der Waals surface area (Å²) in [6.45, 7) is 2.50. The van der Waals surface area contributed by atoms with Crippen LogP contribution in [0.1, 0.15) is 58.3 Å². The first-order valence-corrected chi connectivity index (χ1v) is 12.1. The van der Waals surface area contributed by atoms with Gasteiger partial charge in [0.05, 0.1) is 6.04 Å². The van der Waals surface area contributed by atoms with Crippen LogP contribution in [-0.4, -0.2) is 83.5 Å². The Morgan fingerprint density at radius 1 is 1.21 bits per heavy atom. The molecule has 0 bridgehead atoms. The largest absolute Gasteiger partial charge is 0.480 e. The van der Waals surface area contributed by atoms with Gasteiger partial charge >= 0.3 is 5.97 Å². The van der Waals surface area contributed by atoms with E-state index in [-0.39, 0.29) is 36.4 Å². The first-order chi connectivity index (χ1) is 15.8. The predicted octanol–water partition coefficient (Wildman–Crippen LogP) is 1.06. The highest BCUT2D eigenvalue weighted by molar-refractivity contribution is 5.99. The highest BCUT2D eigenvalue weighted by atomic mass is 35.5. The number of halogens is 1. The number of hydrogen-bond acceptors (Lipinski definition) is 6. The van der Waals surface area contributed by atoms with E-state index in [1.165, 1.54) is 6.42 Å². The van der Waals surface area contributed by atoms with Gasteiger partial charge in [0, 0.05) is 38.3 Å². The second-order valence-electron chi connectivity index (χ2n) is 9.29. The van der Waals surface area contributed by atoms with E-state index in [9.17, 15) is 19.5 Å². The van der Waals surface area contributed by atoms with Crippen LogP contribution in [0.4, 0.5) is 0 Å². The first-order valence-electron chi connectivity index (χ1n) is 12.1. The number of amides is 2. The molecule has 2 amide bonds. The molecule has 11 heteroatoms. The third-order valence-electron chi connectivity index (χ3n) is 6.99. The molecule has 3 rings (SSSR count). The van der Waals surface area contributed by atoms with Crippen molar-refractivity contribution < 1.29 is 19.5 Å². The Kier molecular flexibility index (Phi) is 10.6. The molecule has 2 aliphatic heterocycles. The fraction of sp³-hybridized carbons (Fsp3) is 0.739. The van der Waals surface area contributed by atoms with E-state index in [1.807, 2.05) is 4.90 Å². The third-order valence-corrected chi connectivity index (χ3v) is 6.99. The smallest absolute Gasteiger partial charge is 0.325 e. The summed E-state index contributed by atoms with van der Waals surface area (Å²) < 4.78 is 0. The molecule has 1 saturated carbocycles. The van der Waals surface area contributed by atoms with Crippen molar-refractivity contribution in [1.29, 1.82) is 0 Å². The monoisotopic (exact) mass is 498 g/mol. The number of likely N-dealkylation sites (tertiary alicyclic amines) is 1. The van der Waals surface area contributed by atoms with Crippen molar-refractivity contribution in [3.8, 4) is 0 Å². The molecule has 2 heterocycles. The summed E-state index contributed by atoms with van der Waals surface area (Å²) >= 11 is 0. The average Bonchev–Trinajstić information content (AvgIpc) is 3.31. The minimum absolute atomic E-state index is 0. The summed E-state index contributed by atoms with van der Waals surface area (Å²) in [5.74, 6) is -0.732. The lowest BCUT2D eigenvalue weighted by Gasteiger charge is -2.45. The van der Waals surface area contributed by atoms with Crippen molar-refractivity contribution >= 4 is 36.2 Å². The number of carbonyl (C=O) groups excluding carboxylic acids is 2. The van der Waals surface area contributed by atoms with E-state index in [1.54, 1.807) is 14.0 Å². The lowest BCUT2D eigenvalue weighted by molar-refractivity contribution is -0.135. The summed E-state index contributed by atoms with van der Waals surface area (Å²) in [6.07, 6.45) is 10.3. The minimum atomic E-state index is -1.06. The van der Waals surface area contributed by atoms with Crippen molar-refractivity contribution in [3.63, 3.8) is 0 Å². The molecule has 1 unspecified atom stereocenters. The van der Waals surface area contributed by atoms with Gasteiger partial charge in [-0.25, -0.2) is 4.99 Å². The lowest BCUT2D eigenvalue weighted by Crippen LogP contribution is -2.56. The van der Waals surface area contributed by atoms with Gasteiger partial charge < -0.3 is 26.0 Å². The number of nitrogens with one attached hydrogen (secondary N) is 2. The van der Waals surface area contributed by atoms with Gasteiger partial charge in [-0.05, 0) is 44.6 Å². The number of carboxylic acid groups (broad SMARTS) is 1. The number of aliphatic carboxylic acids is 1. The van der Waals surface area contributed by atoms with Crippen LogP contribution in [0.2, 0.25) is 0 Å². The molecule has 0 spiro atoms. The Balaban J connectivity index is 0.00000408. The zero-order chi connectivity index (χ0) is 24.0. The summed E-state index contributed by atoms with van der Waals surface area (Å²) in [5, 5.41) is 14.7. The van der Waals surface area contributed by atoms with Gasteiger partial charge in [0.1, 0.15) is 12.6 Å². The molecule has 0 radical (unpaired) electrons. The number of aliphatic imine (C=N–C) groups is 1. The molecule has 0 aromatic rings. The van der Waals surface area contributed by atoms with E-state index in [2.05, 4.69) is 26.6 Å². The highest BCUT2D eigenvalue weighted by Crippen LogP contribution is 2.36. The zero-order valence-corrected chi connectivity index (χ0v) is 21.0. The van der Waals surface area contributed by atoms with Crippen molar-refractivity contribution in [2.24, 2.45) is 16.6 Å². The van der Waals surface area contributed by atoms with E-state index >= 15 is 0 Å². The van der Waals surface area contributed by atoms with E-state index in [0.29, 0.717) is 12.5 Å². The van der Waals surface area contributed by atoms with Gasteiger partial charge in [-0.15, -0.1) is 12.4 Å². The Labute approximate surface area is 207 Å². The number of likely N-dealkylation sites (N-methyl/N-ethyl adjacent to an activating group) is 1. The van der Waals surface area contributed by atoms with Crippen LogP contribution in [0.25, 0.3) is 0 Å². The lowest BCUT2D eigenvalue weighted by atomic mass is 9.80. The molecule has 34 heavy (non-hydrogen) atoms. The SMILES string of the molecule is CNC(=O)[C@@H]1CCCN1C1=CCN(C(=NCC(=O)O)NC(=O)[C@H](C)N)C(C2CCCCC2)C1.Cl. The maximum absolute atomic E-state index is 12.4. The average molecular weight is 499 g/mol. The standard InChI is InChI=1S/C23H38N6O4.ClH/c1-15(24)21(32)27-23(26-14-20(30)31)29-12-10-17(13-19(29)16-7-4-3-5-8-16)28-11-6-9-18(28)22(33)25-2;/h10,15-16,18-19H,3-9,11-14,24H2,1-2H3,(H,25,33)(H,30,31)(H,26,27,32);1H/t15-,18-,19?;/m0./s1. The normalized spacial score (nSPS) is 24.7.